The molecule has 94 valence electrons. The maximum absolute atomic E-state index is 13.1. The van der Waals surface area contributed by atoms with Gasteiger partial charge in [-0.3, -0.25) is 4.98 Å². The molecule has 18 heavy (non-hydrogen) atoms. The Morgan fingerprint density at radius 3 is 2.78 bits per heavy atom. The molecule has 0 aliphatic carbocycles. The van der Waals surface area contributed by atoms with Gasteiger partial charge in [-0.25, -0.2) is 4.39 Å². The van der Waals surface area contributed by atoms with Crippen LogP contribution in [0.15, 0.2) is 36.7 Å². The van der Waals surface area contributed by atoms with Crippen molar-refractivity contribution in [2.45, 2.75) is 6.04 Å². The first-order valence-corrected chi connectivity index (χ1v) is 5.69. The van der Waals surface area contributed by atoms with Crippen LogP contribution in [0.25, 0.3) is 0 Å². The van der Waals surface area contributed by atoms with Gasteiger partial charge in [-0.05, 0) is 23.8 Å². The number of hydrogen-bond acceptors (Lipinski definition) is 3. The van der Waals surface area contributed by atoms with Gasteiger partial charge >= 0.3 is 0 Å². The Kier molecular flexibility index (Phi) is 3.79. The molecular weight excluding hydrogens is 255 g/mol. The third kappa shape index (κ3) is 2.60. The van der Waals surface area contributed by atoms with Crippen LogP contribution < -0.4 is 10.5 Å². The number of aromatic nitrogens is 1. The van der Waals surface area contributed by atoms with E-state index in [1.54, 1.807) is 18.2 Å². The van der Waals surface area contributed by atoms with Crippen molar-refractivity contribution in [3.8, 4) is 5.75 Å². The van der Waals surface area contributed by atoms with Crippen LogP contribution in [0.2, 0.25) is 5.02 Å². The van der Waals surface area contributed by atoms with Gasteiger partial charge in [0.15, 0.2) is 0 Å². The van der Waals surface area contributed by atoms with E-state index in [2.05, 4.69) is 4.98 Å². The molecule has 1 unspecified atom stereocenters. The quantitative estimate of drug-likeness (QED) is 0.929. The van der Waals surface area contributed by atoms with Crippen LogP contribution >= 0.6 is 11.6 Å². The van der Waals surface area contributed by atoms with Crippen molar-refractivity contribution in [3.05, 3.63) is 58.6 Å². The summed E-state index contributed by atoms with van der Waals surface area (Å²) >= 11 is 5.88. The van der Waals surface area contributed by atoms with Crippen LogP contribution in [0.3, 0.4) is 0 Å². The minimum atomic E-state index is -0.514. The second-order valence-electron chi connectivity index (χ2n) is 3.80. The zero-order valence-electron chi connectivity index (χ0n) is 9.73. The normalized spacial score (nSPS) is 12.2. The van der Waals surface area contributed by atoms with Gasteiger partial charge in [0, 0.05) is 16.8 Å². The third-order valence-corrected chi connectivity index (χ3v) is 2.85. The number of nitrogens with zero attached hydrogens (tertiary/aromatic N) is 1. The Balaban J connectivity index is 2.42. The fourth-order valence-electron chi connectivity index (χ4n) is 1.72. The highest BCUT2D eigenvalue weighted by Crippen LogP contribution is 2.30. The molecule has 0 bridgehead atoms. The summed E-state index contributed by atoms with van der Waals surface area (Å²) in [5, 5.41) is 0.556. The fraction of sp³-hybridized carbons (Fsp3) is 0.154. The molecule has 2 aromatic rings. The molecular formula is C13H12ClFN2O. The standard InChI is InChI=1S/C13H12ClFN2O/c1-18-12-5-9(14)2-3-11(12)13(16)8-4-10(15)7-17-6-8/h2-7,13H,16H2,1H3. The molecule has 0 radical (unpaired) electrons. The van der Waals surface area contributed by atoms with Crippen LogP contribution in [0.5, 0.6) is 5.75 Å². The minimum absolute atomic E-state index is 0.420. The van der Waals surface area contributed by atoms with Crippen molar-refractivity contribution in [1.29, 1.82) is 0 Å². The summed E-state index contributed by atoms with van der Waals surface area (Å²) in [5.74, 6) is 0.148. The molecule has 0 amide bonds. The summed E-state index contributed by atoms with van der Waals surface area (Å²) in [6.07, 6.45) is 2.66. The van der Waals surface area contributed by atoms with Crippen LogP contribution in [-0.2, 0) is 0 Å². The van der Waals surface area contributed by atoms with Gasteiger partial charge in [-0.1, -0.05) is 17.7 Å². The van der Waals surface area contributed by atoms with Crippen molar-refractivity contribution >= 4 is 11.6 Å². The summed E-state index contributed by atoms with van der Waals surface area (Å²) in [6.45, 7) is 0. The van der Waals surface area contributed by atoms with Gasteiger partial charge in [0.1, 0.15) is 11.6 Å². The van der Waals surface area contributed by atoms with Gasteiger partial charge in [-0.2, -0.15) is 0 Å². The van der Waals surface area contributed by atoms with Crippen LogP contribution in [0, 0.1) is 5.82 Å². The number of nitrogens with two attached hydrogens (primary N) is 1. The van der Waals surface area contributed by atoms with Gasteiger partial charge < -0.3 is 10.5 Å². The molecule has 0 fully saturated rings. The first-order chi connectivity index (χ1) is 8.61. The molecule has 2 rings (SSSR count). The molecule has 1 heterocycles. The smallest absolute Gasteiger partial charge is 0.141 e. The van der Waals surface area contributed by atoms with Gasteiger partial charge in [0.2, 0.25) is 0 Å². The largest absolute Gasteiger partial charge is 0.496 e. The lowest BCUT2D eigenvalue weighted by Crippen LogP contribution is -2.13. The van der Waals surface area contributed by atoms with E-state index in [0.717, 1.165) is 11.8 Å². The molecule has 1 aromatic carbocycles. The van der Waals surface area contributed by atoms with Gasteiger partial charge in [0.25, 0.3) is 0 Å². The summed E-state index contributed by atoms with van der Waals surface area (Å²) in [5.41, 5.74) is 7.39. The van der Waals surface area contributed by atoms with Crippen LogP contribution in [0.1, 0.15) is 17.2 Å². The summed E-state index contributed by atoms with van der Waals surface area (Å²) < 4.78 is 18.3. The van der Waals surface area contributed by atoms with E-state index in [-0.39, 0.29) is 0 Å². The van der Waals surface area contributed by atoms with Gasteiger partial charge in [-0.15, -0.1) is 0 Å². The predicted octanol–water partition coefficient (Wildman–Crippen LogP) is 2.93. The van der Waals surface area contributed by atoms with Crippen molar-refractivity contribution in [2.75, 3.05) is 7.11 Å². The second kappa shape index (κ2) is 5.33. The monoisotopic (exact) mass is 266 g/mol. The SMILES string of the molecule is COc1cc(Cl)ccc1C(N)c1cncc(F)c1. The Bertz CT molecular complexity index is 562. The predicted molar refractivity (Wildman–Crippen MR) is 68.2 cm³/mol. The molecule has 2 N–H and O–H groups in total. The highest BCUT2D eigenvalue weighted by Gasteiger charge is 2.15. The van der Waals surface area contributed by atoms with Crippen molar-refractivity contribution in [2.24, 2.45) is 5.73 Å². The molecule has 3 nitrogen and oxygen atoms in total. The lowest BCUT2D eigenvalue weighted by Gasteiger charge is -2.16. The maximum atomic E-state index is 13.1. The van der Waals surface area contributed by atoms with Crippen molar-refractivity contribution < 1.29 is 9.13 Å². The van der Waals surface area contributed by atoms with E-state index >= 15 is 0 Å². The first kappa shape index (κ1) is 12.8. The van der Waals surface area contributed by atoms with E-state index in [1.807, 2.05) is 0 Å². The number of pyridine rings is 1. The number of benzene rings is 1. The molecule has 0 aliphatic heterocycles. The molecule has 0 spiro atoms. The lowest BCUT2D eigenvalue weighted by atomic mass is 10.0. The number of rotatable bonds is 3. The van der Waals surface area contributed by atoms with E-state index in [9.17, 15) is 4.39 Å². The Labute approximate surface area is 109 Å². The third-order valence-electron chi connectivity index (χ3n) is 2.62. The molecule has 1 aromatic heterocycles. The molecule has 5 heteroatoms. The molecule has 0 aliphatic rings. The first-order valence-electron chi connectivity index (χ1n) is 5.31. The van der Waals surface area contributed by atoms with Crippen LogP contribution in [0.4, 0.5) is 4.39 Å². The fourth-order valence-corrected chi connectivity index (χ4v) is 1.88. The molecule has 0 saturated carbocycles. The Morgan fingerprint density at radius 2 is 2.11 bits per heavy atom. The molecule has 0 saturated heterocycles. The van der Waals surface area contributed by atoms with Crippen LogP contribution in [-0.4, -0.2) is 12.1 Å². The maximum Gasteiger partial charge on any atom is 0.141 e. The van der Waals surface area contributed by atoms with E-state index < -0.39 is 11.9 Å². The van der Waals surface area contributed by atoms with Crippen molar-refractivity contribution in [3.63, 3.8) is 0 Å². The highest BCUT2D eigenvalue weighted by molar-refractivity contribution is 6.30. The Hall–Kier alpha value is -1.65. The average Bonchev–Trinajstić information content (AvgIpc) is 2.37. The van der Waals surface area contributed by atoms with Crippen molar-refractivity contribution in [1.82, 2.24) is 4.98 Å². The zero-order chi connectivity index (χ0) is 13.1. The van der Waals surface area contributed by atoms with Gasteiger partial charge in [0.05, 0.1) is 19.3 Å². The van der Waals surface area contributed by atoms with E-state index in [0.29, 0.717) is 16.3 Å². The Morgan fingerprint density at radius 1 is 1.33 bits per heavy atom. The van der Waals surface area contributed by atoms with E-state index in [1.165, 1.54) is 19.4 Å². The minimum Gasteiger partial charge on any atom is -0.496 e. The number of methoxy groups -OCH3 is 1. The number of hydrogen-bond donors (Lipinski definition) is 1. The average molecular weight is 267 g/mol. The lowest BCUT2D eigenvalue weighted by molar-refractivity contribution is 0.408. The highest BCUT2D eigenvalue weighted by atomic mass is 35.5. The summed E-state index contributed by atoms with van der Waals surface area (Å²) in [4.78, 5) is 3.78. The second-order valence-corrected chi connectivity index (χ2v) is 4.24. The topological polar surface area (TPSA) is 48.1 Å². The van der Waals surface area contributed by atoms with E-state index in [4.69, 9.17) is 22.1 Å². The molecule has 1 atom stereocenters. The number of halogens is 2. The summed E-state index contributed by atoms with van der Waals surface area (Å²) in [7, 11) is 1.53. The number of ether oxygens (including phenoxy) is 1. The summed E-state index contributed by atoms with van der Waals surface area (Å²) in [6, 6.07) is 5.98. The zero-order valence-corrected chi connectivity index (χ0v) is 10.5.